The molecule has 1 aliphatic carbocycles. The maximum Gasteiger partial charge on any atom is 0.132 e. The maximum atomic E-state index is 7.06. The van der Waals surface area contributed by atoms with Gasteiger partial charge in [-0.1, -0.05) is 197 Å². The van der Waals surface area contributed by atoms with E-state index in [2.05, 4.69) is 220 Å². The van der Waals surface area contributed by atoms with Gasteiger partial charge < -0.3 is 4.74 Å². The molecule has 1 unspecified atom stereocenters. The van der Waals surface area contributed by atoms with E-state index in [4.69, 9.17) is 4.74 Å². The Morgan fingerprint density at radius 3 is 1.26 bits per heavy atom. The third-order valence-electron chi connectivity index (χ3n) is 12.9. The average molecular weight is 801 g/mol. The summed E-state index contributed by atoms with van der Waals surface area (Å²) in [5.41, 5.74) is 19.3. The number of hydrogen-bond acceptors (Lipinski definition) is 1. The summed E-state index contributed by atoms with van der Waals surface area (Å²) in [4.78, 5) is 0. The number of hydrogen-bond donors (Lipinski definition) is 0. The molecule has 302 valence electrons. The standard InChI is InChI=1S/C61H52O/c1-3-5-19-43-29-33-51-52-34-30-45(37-53(47-21-11-7-12-22-47)48-23-13-8-14-24-48)41-56(52)61(55(51)39-43)57-40-44(20-6-4-2)31-35-59(57)62-60-36-32-46(42-58(60)61)38-54(49-25-15-9-16-26-49)50-27-17-10-18-28-50/h7-18,21-42H,3-6,19-20H2,1-2H3. The van der Waals surface area contributed by atoms with Crippen molar-refractivity contribution in [3.05, 3.63) is 261 Å². The quantitative estimate of drug-likeness (QED) is 0.112. The molecule has 0 amide bonds. The van der Waals surface area contributed by atoms with Crippen molar-refractivity contribution in [3.8, 4) is 22.6 Å². The molecule has 8 aromatic rings. The lowest BCUT2D eigenvalue weighted by molar-refractivity contribution is 0.435. The number of benzene rings is 8. The first-order chi connectivity index (χ1) is 30.6. The highest BCUT2D eigenvalue weighted by Gasteiger charge is 2.51. The van der Waals surface area contributed by atoms with Crippen LogP contribution in [0.3, 0.4) is 0 Å². The first kappa shape index (κ1) is 39.2. The van der Waals surface area contributed by atoms with Crippen LogP contribution in [-0.2, 0) is 18.3 Å². The molecule has 62 heavy (non-hydrogen) atoms. The van der Waals surface area contributed by atoms with Crippen molar-refractivity contribution in [3.63, 3.8) is 0 Å². The summed E-state index contributed by atoms with van der Waals surface area (Å²) < 4.78 is 7.06. The normalized spacial score (nSPS) is 14.2. The summed E-state index contributed by atoms with van der Waals surface area (Å²) in [6.07, 6.45) is 11.4. The van der Waals surface area contributed by atoms with E-state index in [9.17, 15) is 0 Å². The SMILES string of the molecule is CCCCc1ccc2c(c1)C1(c3cc(C=C(c4ccccc4)c4ccccc4)ccc3O2)c2cc(C=C(c3ccccc3)c3ccccc3)ccc2-c2ccc(CCCC)cc21. The van der Waals surface area contributed by atoms with Gasteiger partial charge in [0.1, 0.15) is 11.5 Å². The van der Waals surface area contributed by atoms with Crippen LogP contribution >= 0.6 is 0 Å². The fourth-order valence-corrected chi connectivity index (χ4v) is 9.84. The summed E-state index contributed by atoms with van der Waals surface area (Å²) in [5.74, 6) is 1.84. The molecule has 0 radical (unpaired) electrons. The maximum absolute atomic E-state index is 7.06. The van der Waals surface area contributed by atoms with E-state index in [0.29, 0.717) is 0 Å². The molecule has 0 saturated heterocycles. The average Bonchev–Trinajstić information content (AvgIpc) is 3.61. The molecule has 2 aliphatic rings. The van der Waals surface area contributed by atoms with Crippen LogP contribution in [0.1, 0.15) is 106 Å². The van der Waals surface area contributed by atoms with Gasteiger partial charge in [0.05, 0.1) is 5.41 Å². The Hall–Kier alpha value is -6.96. The van der Waals surface area contributed by atoms with Gasteiger partial charge in [0.25, 0.3) is 0 Å². The molecule has 8 aromatic carbocycles. The topological polar surface area (TPSA) is 9.23 Å². The summed E-state index contributed by atoms with van der Waals surface area (Å²) >= 11 is 0. The number of unbranched alkanes of at least 4 members (excludes halogenated alkanes) is 2. The van der Waals surface area contributed by atoms with Crippen LogP contribution in [0.25, 0.3) is 34.4 Å². The van der Waals surface area contributed by atoms with Gasteiger partial charge in [-0.25, -0.2) is 0 Å². The van der Waals surface area contributed by atoms with Crippen molar-refractivity contribution in [1.29, 1.82) is 0 Å². The minimum Gasteiger partial charge on any atom is -0.457 e. The minimum atomic E-state index is -0.620. The lowest BCUT2D eigenvalue weighted by Gasteiger charge is -2.40. The fourth-order valence-electron chi connectivity index (χ4n) is 9.84. The minimum absolute atomic E-state index is 0.620. The second-order valence-corrected chi connectivity index (χ2v) is 16.9. The Bertz CT molecular complexity index is 2840. The van der Waals surface area contributed by atoms with E-state index >= 15 is 0 Å². The van der Waals surface area contributed by atoms with E-state index in [-0.39, 0.29) is 0 Å². The second kappa shape index (κ2) is 17.2. The second-order valence-electron chi connectivity index (χ2n) is 16.9. The first-order valence-corrected chi connectivity index (χ1v) is 22.5. The lowest BCUT2D eigenvalue weighted by atomic mass is 9.65. The predicted octanol–water partition coefficient (Wildman–Crippen LogP) is 16.0. The lowest BCUT2D eigenvalue weighted by Crippen LogP contribution is -2.32. The van der Waals surface area contributed by atoms with Crippen molar-refractivity contribution in [2.24, 2.45) is 0 Å². The van der Waals surface area contributed by atoms with E-state index in [1.54, 1.807) is 0 Å². The van der Waals surface area contributed by atoms with Gasteiger partial charge in [-0.2, -0.15) is 0 Å². The van der Waals surface area contributed by atoms with Gasteiger partial charge in [0.2, 0.25) is 0 Å². The molecule has 1 heteroatoms. The van der Waals surface area contributed by atoms with Gasteiger partial charge in [-0.15, -0.1) is 0 Å². The van der Waals surface area contributed by atoms with Gasteiger partial charge >= 0.3 is 0 Å². The molecular weight excluding hydrogens is 749 g/mol. The fraction of sp³-hybridized carbons (Fsp3) is 0.148. The Kier molecular flexibility index (Phi) is 10.9. The Morgan fingerprint density at radius 1 is 0.403 bits per heavy atom. The number of ether oxygens (including phenoxy) is 1. The van der Waals surface area contributed by atoms with Crippen LogP contribution in [0.5, 0.6) is 11.5 Å². The van der Waals surface area contributed by atoms with Crippen molar-refractivity contribution in [1.82, 2.24) is 0 Å². The first-order valence-electron chi connectivity index (χ1n) is 22.5. The number of rotatable bonds is 12. The molecule has 0 fully saturated rings. The summed E-state index contributed by atoms with van der Waals surface area (Å²) in [5, 5.41) is 0. The molecule has 0 bridgehead atoms. The Balaban J connectivity index is 1.26. The largest absolute Gasteiger partial charge is 0.457 e. The zero-order valence-corrected chi connectivity index (χ0v) is 35.8. The van der Waals surface area contributed by atoms with Gasteiger partial charge in [-0.3, -0.25) is 0 Å². The smallest absolute Gasteiger partial charge is 0.132 e. The van der Waals surface area contributed by atoms with Crippen LogP contribution in [0.2, 0.25) is 0 Å². The molecule has 1 atom stereocenters. The van der Waals surface area contributed by atoms with Crippen LogP contribution in [-0.4, -0.2) is 0 Å². The zero-order chi connectivity index (χ0) is 41.9. The third-order valence-corrected chi connectivity index (χ3v) is 12.9. The van der Waals surface area contributed by atoms with E-state index in [0.717, 1.165) is 55.6 Å². The van der Waals surface area contributed by atoms with Crippen molar-refractivity contribution < 1.29 is 4.74 Å². The molecule has 1 spiro atoms. The highest BCUT2D eigenvalue weighted by molar-refractivity contribution is 5.95. The summed E-state index contributed by atoms with van der Waals surface area (Å²) in [6.45, 7) is 4.57. The molecule has 0 saturated carbocycles. The highest BCUT2D eigenvalue weighted by atomic mass is 16.5. The molecule has 1 aliphatic heterocycles. The molecule has 1 heterocycles. The molecule has 0 N–H and O–H groups in total. The van der Waals surface area contributed by atoms with Crippen LogP contribution in [0, 0.1) is 0 Å². The van der Waals surface area contributed by atoms with Gasteiger partial charge in [0.15, 0.2) is 0 Å². The molecular formula is C61H52O. The van der Waals surface area contributed by atoms with Crippen LogP contribution in [0.4, 0.5) is 0 Å². The summed E-state index contributed by atoms with van der Waals surface area (Å²) in [7, 11) is 0. The third kappa shape index (κ3) is 7.22. The van der Waals surface area contributed by atoms with Gasteiger partial charge in [-0.05, 0) is 140 Å². The van der Waals surface area contributed by atoms with Crippen LogP contribution in [0.15, 0.2) is 194 Å². The Morgan fingerprint density at radius 2 is 0.774 bits per heavy atom. The van der Waals surface area contributed by atoms with Gasteiger partial charge in [0, 0.05) is 11.1 Å². The van der Waals surface area contributed by atoms with Crippen molar-refractivity contribution in [2.75, 3.05) is 0 Å². The van der Waals surface area contributed by atoms with E-state index in [1.165, 1.54) is 83.5 Å². The molecule has 0 aromatic heterocycles. The Labute approximate surface area is 367 Å². The van der Waals surface area contributed by atoms with E-state index in [1.807, 2.05) is 0 Å². The summed E-state index contributed by atoms with van der Waals surface area (Å²) in [6, 6.07) is 71.6. The molecule has 10 rings (SSSR count). The van der Waals surface area contributed by atoms with Crippen LogP contribution < -0.4 is 4.74 Å². The zero-order valence-electron chi connectivity index (χ0n) is 35.8. The number of aryl methyl sites for hydroxylation is 2. The highest BCUT2D eigenvalue weighted by Crippen LogP contribution is 2.63. The monoisotopic (exact) mass is 800 g/mol. The van der Waals surface area contributed by atoms with Crippen molar-refractivity contribution >= 4 is 23.3 Å². The predicted molar refractivity (Wildman–Crippen MR) is 261 cm³/mol. The van der Waals surface area contributed by atoms with E-state index < -0.39 is 5.41 Å². The van der Waals surface area contributed by atoms with Crippen molar-refractivity contribution in [2.45, 2.75) is 57.8 Å². The number of fused-ring (bicyclic) bond motifs is 9. The molecule has 1 nitrogen and oxygen atoms in total.